The SMILES string of the molecule is Cc1cc(N2C(=O)[C@@H]3[C@@H](C2=O)[C@@H]2CC[C@@H]3O2)nn1Cc1ccc(F)cc1Cl. The summed E-state index contributed by atoms with van der Waals surface area (Å²) in [6.45, 7) is 2.16. The van der Waals surface area contributed by atoms with Crippen LogP contribution in [0.2, 0.25) is 5.02 Å². The minimum absolute atomic E-state index is 0.150. The molecule has 3 saturated heterocycles. The Bertz CT molecular complexity index is 947. The number of imide groups is 1. The van der Waals surface area contributed by atoms with Gasteiger partial charge >= 0.3 is 0 Å². The Morgan fingerprint density at radius 1 is 1.19 bits per heavy atom. The van der Waals surface area contributed by atoms with Crippen molar-refractivity contribution in [3.05, 3.63) is 46.4 Å². The van der Waals surface area contributed by atoms with Gasteiger partial charge in [-0.3, -0.25) is 14.3 Å². The van der Waals surface area contributed by atoms with Crippen LogP contribution in [0.3, 0.4) is 0 Å². The number of hydrogen-bond donors (Lipinski definition) is 0. The van der Waals surface area contributed by atoms with Crippen molar-refractivity contribution in [2.24, 2.45) is 11.8 Å². The van der Waals surface area contributed by atoms with Crippen molar-refractivity contribution in [1.82, 2.24) is 9.78 Å². The number of aromatic nitrogens is 2. The summed E-state index contributed by atoms with van der Waals surface area (Å²) in [4.78, 5) is 26.9. The first-order valence-electron chi connectivity index (χ1n) is 8.95. The standard InChI is InChI=1S/C19H17ClFN3O3/c1-9-6-15(22-23(9)8-10-2-3-11(21)7-12(10)20)24-18(25)16-13-4-5-14(27-13)17(16)19(24)26/h2-3,6-7,13-14,16-17H,4-5,8H2,1H3/t13-,14-,16-,17-/m0/s1. The molecule has 0 saturated carbocycles. The number of amides is 2. The first-order chi connectivity index (χ1) is 12.9. The summed E-state index contributed by atoms with van der Waals surface area (Å²) in [6, 6.07) is 5.91. The van der Waals surface area contributed by atoms with E-state index in [9.17, 15) is 14.0 Å². The van der Waals surface area contributed by atoms with Gasteiger partial charge in [0.2, 0.25) is 11.8 Å². The van der Waals surface area contributed by atoms with Gasteiger partial charge in [0, 0.05) is 16.8 Å². The molecule has 0 aliphatic carbocycles. The molecule has 2 bridgehead atoms. The van der Waals surface area contributed by atoms with Crippen LogP contribution in [0, 0.1) is 24.6 Å². The Labute approximate surface area is 159 Å². The van der Waals surface area contributed by atoms with Crippen LogP contribution in [-0.4, -0.2) is 33.8 Å². The quantitative estimate of drug-likeness (QED) is 0.757. The second kappa shape index (κ2) is 5.87. The summed E-state index contributed by atoms with van der Waals surface area (Å²) in [6.07, 6.45) is 1.36. The van der Waals surface area contributed by atoms with E-state index < -0.39 is 5.82 Å². The van der Waals surface area contributed by atoms with Gasteiger partial charge in [-0.1, -0.05) is 17.7 Å². The fraction of sp³-hybridized carbons (Fsp3) is 0.421. The van der Waals surface area contributed by atoms with E-state index in [4.69, 9.17) is 16.3 Å². The molecule has 3 aliphatic rings. The molecule has 0 N–H and O–H groups in total. The molecule has 0 radical (unpaired) electrons. The van der Waals surface area contributed by atoms with Gasteiger partial charge in [0.25, 0.3) is 0 Å². The van der Waals surface area contributed by atoms with E-state index in [0.717, 1.165) is 18.5 Å². The summed E-state index contributed by atoms with van der Waals surface area (Å²) in [5, 5.41) is 4.77. The average molecular weight is 390 g/mol. The maximum atomic E-state index is 13.2. The molecule has 2 amide bonds. The number of anilines is 1. The molecule has 6 nitrogen and oxygen atoms in total. The molecule has 140 valence electrons. The van der Waals surface area contributed by atoms with Gasteiger partial charge in [0.05, 0.1) is 30.6 Å². The smallest absolute Gasteiger partial charge is 0.241 e. The Hall–Kier alpha value is -2.25. The lowest BCUT2D eigenvalue weighted by Crippen LogP contribution is -2.34. The van der Waals surface area contributed by atoms with Crippen molar-refractivity contribution in [1.29, 1.82) is 0 Å². The van der Waals surface area contributed by atoms with Crippen LogP contribution in [0.15, 0.2) is 24.3 Å². The Morgan fingerprint density at radius 2 is 1.85 bits per heavy atom. The first kappa shape index (κ1) is 16.9. The van der Waals surface area contributed by atoms with Gasteiger partial charge in [0.1, 0.15) is 5.82 Å². The van der Waals surface area contributed by atoms with E-state index in [1.54, 1.807) is 16.8 Å². The Kier molecular flexibility index (Phi) is 3.67. The maximum Gasteiger partial charge on any atom is 0.241 e. The number of rotatable bonds is 3. The number of nitrogens with zero attached hydrogens (tertiary/aromatic N) is 3. The number of fused-ring (bicyclic) bond motifs is 5. The molecule has 0 unspecified atom stereocenters. The van der Waals surface area contributed by atoms with Crippen LogP contribution in [-0.2, 0) is 20.9 Å². The van der Waals surface area contributed by atoms with E-state index >= 15 is 0 Å². The fourth-order valence-corrected chi connectivity index (χ4v) is 4.74. The molecule has 8 heteroatoms. The van der Waals surface area contributed by atoms with Crippen molar-refractivity contribution in [2.45, 2.75) is 38.5 Å². The molecule has 1 aromatic carbocycles. The van der Waals surface area contributed by atoms with Crippen LogP contribution >= 0.6 is 11.6 Å². The zero-order valence-electron chi connectivity index (χ0n) is 14.6. The lowest BCUT2D eigenvalue weighted by molar-refractivity contribution is -0.124. The average Bonchev–Trinajstić information content (AvgIpc) is 3.35. The highest BCUT2D eigenvalue weighted by Gasteiger charge is 2.63. The normalized spacial score (nSPS) is 29.1. The summed E-state index contributed by atoms with van der Waals surface area (Å²) >= 11 is 6.10. The molecule has 5 rings (SSSR count). The molecule has 4 heterocycles. The molecular weight excluding hydrogens is 373 g/mol. The number of hydrogen-bond acceptors (Lipinski definition) is 4. The highest BCUT2D eigenvalue weighted by molar-refractivity contribution is 6.31. The van der Waals surface area contributed by atoms with Gasteiger partial charge in [-0.15, -0.1) is 0 Å². The van der Waals surface area contributed by atoms with Crippen LogP contribution in [0.4, 0.5) is 10.2 Å². The Balaban J connectivity index is 1.44. The van der Waals surface area contributed by atoms with Crippen molar-refractivity contribution >= 4 is 29.2 Å². The minimum atomic E-state index is -0.404. The van der Waals surface area contributed by atoms with Crippen LogP contribution in [0.5, 0.6) is 0 Å². The predicted molar refractivity (Wildman–Crippen MR) is 94.8 cm³/mol. The molecular formula is C19H17ClFN3O3. The van der Waals surface area contributed by atoms with Crippen molar-refractivity contribution < 1.29 is 18.7 Å². The van der Waals surface area contributed by atoms with Crippen molar-refractivity contribution in [2.75, 3.05) is 4.90 Å². The second-order valence-corrected chi connectivity index (χ2v) is 7.80. The molecule has 1 aromatic heterocycles. The zero-order chi connectivity index (χ0) is 18.9. The number of carbonyl (C=O) groups excluding carboxylic acids is 2. The van der Waals surface area contributed by atoms with Gasteiger partial charge in [-0.2, -0.15) is 5.10 Å². The highest BCUT2D eigenvalue weighted by Crippen LogP contribution is 2.49. The lowest BCUT2D eigenvalue weighted by atomic mass is 9.81. The van der Waals surface area contributed by atoms with E-state index in [0.29, 0.717) is 22.9 Å². The molecule has 3 aliphatic heterocycles. The van der Waals surface area contributed by atoms with Gasteiger partial charge in [-0.05, 0) is 37.5 Å². The predicted octanol–water partition coefficient (Wildman–Crippen LogP) is 2.70. The third kappa shape index (κ3) is 2.45. The largest absolute Gasteiger partial charge is 0.373 e. The topological polar surface area (TPSA) is 64.4 Å². The van der Waals surface area contributed by atoms with E-state index in [1.165, 1.54) is 17.0 Å². The van der Waals surface area contributed by atoms with Crippen molar-refractivity contribution in [3.8, 4) is 0 Å². The van der Waals surface area contributed by atoms with Gasteiger partial charge < -0.3 is 4.74 Å². The highest BCUT2D eigenvalue weighted by atomic mass is 35.5. The molecule has 27 heavy (non-hydrogen) atoms. The molecule has 2 aromatic rings. The summed E-state index contributed by atoms with van der Waals surface area (Å²) in [7, 11) is 0. The van der Waals surface area contributed by atoms with Crippen molar-refractivity contribution in [3.63, 3.8) is 0 Å². The maximum absolute atomic E-state index is 13.2. The van der Waals surface area contributed by atoms with Gasteiger partial charge in [-0.25, -0.2) is 9.29 Å². The first-order valence-corrected chi connectivity index (χ1v) is 9.33. The second-order valence-electron chi connectivity index (χ2n) is 7.39. The minimum Gasteiger partial charge on any atom is -0.373 e. The number of halogens is 2. The summed E-state index contributed by atoms with van der Waals surface area (Å²) < 4.78 is 20.7. The van der Waals surface area contributed by atoms with Crippen LogP contribution in [0.25, 0.3) is 0 Å². The molecule has 3 fully saturated rings. The molecule has 0 spiro atoms. The zero-order valence-corrected chi connectivity index (χ0v) is 15.3. The van der Waals surface area contributed by atoms with E-state index in [1.807, 2.05) is 6.92 Å². The summed E-state index contributed by atoms with van der Waals surface area (Å²) in [5.74, 6) is -1.28. The number of aryl methyl sites for hydroxylation is 1. The number of benzene rings is 1. The third-order valence-electron chi connectivity index (χ3n) is 5.82. The van der Waals surface area contributed by atoms with Crippen LogP contribution < -0.4 is 4.90 Å². The molecule has 4 atom stereocenters. The number of ether oxygens (including phenoxy) is 1. The fourth-order valence-electron chi connectivity index (χ4n) is 4.51. The van der Waals surface area contributed by atoms with Gasteiger partial charge in [0.15, 0.2) is 5.82 Å². The van der Waals surface area contributed by atoms with Crippen LogP contribution in [0.1, 0.15) is 24.1 Å². The number of carbonyl (C=O) groups is 2. The van der Waals surface area contributed by atoms with E-state index in [2.05, 4.69) is 5.10 Å². The Morgan fingerprint density at radius 3 is 2.48 bits per heavy atom. The monoisotopic (exact) mass is 389 g/mol. The van der Waals surface area contributed by atoms with E-state index in [-0.39, 0.29) is 35.9 Å². The third-order valence-corrected chi connectivity index (χ3v) is 6.17. The lowest BCUT2D eigenvalue weighted by Gasteiger charge is -2.15. The summed E-state index contributed by atoms with van der Waals surface area (Å²) in [5.41, 5.74) is 1.49.